The van der Waals surface area contributed by atoms with Crippen LogP contribution in [0.3, 0.4) is 0 Å². The highest BCUT2D eigenvalue weighted by Crippen LogP contribution is 2.24. The summed E-state index contributed by atoms with van der Waals surface area (Å²) in [5, 5.41) is 9.03. The molecule has 5 heteroatoms. The number of hydrogen-bond donors (Lipinski definition) is 0. The molecular weight excluding hydrogens is 239 g/mol. The Hall–Kier alpha value is -1.41. The van der Waals surface area contributed by atoms with Gasteiger partial charge < -0.3 is 0 Å². The van der Waals surface area contributed by atoms with Crippen molar-refractivity contribution >= 4 is 9.73 Å². The smallest absolute Gasteiger partial charge is 0.135 e. The first-order chi connectivity index (χ1) is 7.86. The van der Waals surface area contributed by atoms with Crippen molar-refractivity contribution in [2.75, 3.05) is 7.05 Å². The second-order valence-corrected chi connectivity index (χ2v) is 7.14. The number of benzene rings is 1. The van der Waals surface area contributed by atoms with Crippen LogP contribution >= 0.6 is 0 Å². The van der Waals surface area contributed by atoms with E-state index in [1.54, 1.807) is 32.0 Å². The fourth-order valence-electron chi connectivity index (χ4n) is 1.37. The minimum absolute atomic E-state index is 0.0449. The standard InChI is InChI=1S/C12H15FN2OS/c1-12(2,9-14)17(16,15-3)8-10-6-4-5-7-11(10)13/h4-7H,8H2,1-3H3. The van der Waals surface area contributed by atoms with Crippen LogP contribution in [0.25, 0.3) is 0 Å². The predicted octanol–water partition coefficient (Wildman–Crippen LogP) is 2.73. The Morgan fingerprint density at radius 3 is 2.53 bits per heavy atom. The molecule has 0 aliphatic rings. The highest BCUT2D eigenvalue weighted by atomic mass is 32.2. The highest BCUT2D eigenvalue weighted by Gasteiger charge is 2.32. The molecule has 3 nitrogen and oxygen atoms in total. The van der Waals surface area contributed by atoms with Gasteiger partial charge in [0.1, 0.15) is 10.6 Å². The number of rotatable bonds is 3. The molecule has 0 bridgehead atoms. The van der Waals surface area contributed by atoms with E-state index in [4.69, 9.17) is 5.26 Å². The van der Waals surface area contributed by atoms with Crippen LogP contribution in [0.2, 0.25) is 0 Å². The zero-order valence-corrected chi connectivity index (χ0v) is 10.9. The zero-order valence-electron chi connectivity index (χ0n) is 10.1. The Morgan fingerprint density at radius 2 is 2.06 bits per heavy atom. The van der Waals surface area contributed by atoms with Gasteiger partial charge in [0.25, 0.3) is 0 Å². The molecule has 1 aromatic rings. The van der Waals surface area contributed by atoms with E-state index in [-0.39, 0.29) is 5.75 Å². The van der Waals surface area contributed by atoms with Crippen LogP contribution in [0.4, 0.5) is 4.39 Å². The van der Waals surface area contributed by atoms with E-state index in [0.29, 0.717) is 5.56 Å². The maximum atomic E-state index is 13.5. The largest absolute Gasteiger partial charge is 0.248 e. The molecule has 0 fully saturated rings. The molecule has 1 rings (SSSR count). The van der Waals surface area contributed by atoms with Crippen molar-refractivity contribution in [3.8, 4) is 6.07 Å². The molecule has 17 heavy (non-hydrogen) atoms. The van der Waals surface area contributed by atoms with E-state index in [2.05, 4.69) is 4.36 Å². The normalized spacial score (nSPS) is 14.8. The zero-order chi connectivity index (χ0) is 13.1. The molecule has 0 N–H and O–H groups in total. The van der Waals surface area contributed by atoms with Crippen LogP contribution in [0.5, 0.6) is 0 Å². The van der Waals surface area contributed by atoms with Crippen LogP contribution in [-0.2, 0) is 15.5 Å². The van der Waals surface area contributed by atoms with Gasteiger partial charge >= 0.3 is 0 Å². The molecule has 0 aromatic heterocycles. The fraction of sp³-hybridized carbons (Fsp3) is 0.417. The number of nitriles is 1. The Morgan fingerprint density at radius 1 is 1.47 bits per heavy atom. The van der Waals surface area contributed by atoms with Gasteiger partial charge in [0.2, 0.25) is 0 Å². The number of hydrogen-bond acceptors (Lipinski definition) is 3. The summed E-state index contributed by atoms with van der Waals surface area (Å²) in [4.78, 5) is 0. The van der Waals surface area contributed by atoms with Crippen molar-refractivity contribution in [1.29, 1.82) is 5.26 Å². The van der Waals surface area contributed by atoms with E-state index >= 15 is 0 Å². The summed E-state index contributed by atoms with van der Waals surface area (Å²) >= 11 is 0. The van der Waals surface area contributed by atoms with Crippen molar-refractivity contribution in [2.45, 2.75) is 24.3 Å². The summed E-state index contributed by atoms with van der Waals surface area (Å²) in [6.07, 6.45) is 0. The molecule has 92 valence electrons. The van der Waals surface area contributed by atoms with Crippen LogP contribution in [0, 0.1) is 17.1 Å². The third kappa shape index (κ3) is 2.64. The summed E-state index contributed by atoms with van der Waals surface area (Å²) in [5.41, 5.74) is 0.325. The van der Waals surface area contributed by atoms with Gasteiger partial charge in [-0.1, -0.05) is 18.2 Å². The van der Waals surface area contributed by atoms with E-state index in [0.717, 1.165) is 0 Å². The maximum absolute atomic E-state index is 13.5. The van der Waals surface area contributed by atoms with Crippen LogP contribution < -0.4 is 0 Å². The van der Waals surface area contributed by atoms with Gasteiger partial charge in [-0.05, 0) is 19.9 Å². The van der Waals surface area contributed by atoms with Crippen molar-refractivity contribution in [1.82, 2.24) is 0 Å². The third-order valence-corrected chi connectivity index (χ3v) is 5.65. The lowest BCUT2D eigenvalue weighted by atomic mass is 10.2. The topological polar surface area (TPSA) is 53.2 Å². The molecule has 0 saturated heterocycles. The summed E-state index contributed by atoms with van der Waals surface area (Å²) in [7, 11) is -1.40. The summed E-state index contributed by atoms with van der Waals surface area (Å²) in [5.74, 6) is -0.464. The van der Waals surface area contributed by atoms with Gasteiger partial charge in [-0.3, -0.25) is 0 Å². The maximum Gasteiger partial charge on any atom is 0.135 e. The van der Waals surface area contributed by atoms with E-state index in [1.165, 1.54) is 13.1 Å². The van der Waals surface area contributed by atoms with Crippen LogP contribution in [0.15, 0.2) is 28.6 Å². The van der Waals surface area contributed by atoms with Crippen molar-refractivity contribution < 1.29 is 8.60 Å². The molecule has 0 aliphatic heterocycles. The van der Waals surface area contributed by atoms with E-state index < -0.39 is 20.3 Å². The molecule has 0 aliphatic carbocycles. The van der Waals surface area contributed by atoms with Gasteiger partial charge in [0.05, 0.1) is 21.6 Å². The highest BCUT2D eigenvalue weighted by molar-refractivity contribution is 7.94. The average molecular weight is 254 g/mol. The lowest BCUT2D eigenvalue weighted by Crippen LogP contribution is -2.31. The minimum Gasteiger partial charge on any atom is -0.248 e. The van der Waals surface area contributed by atoms with Gasteiger partial charge in [0, 0.05) is 12.6 Å². The summed E-state index contributed by atoms with van der Waals surface area (Å²) in [6.45, 7) is 3.12. The molecule has 0 amide bonds. The first-order valence-corrected chi connectivity index (χ1v) is 6.82. The molecular formula is C12H15FN2OS. The summed E-state index contributed by atoms with van der Waals surface area (Å²) < 4.78 is 28.8. The number of nitrogens with zero attached hydrogens (tertiary/aromatic N) is 2. The van der Waals surface area contributed by atoms with Gasteiger partial charge in [0.15, 0.2) is 0 Å². The van der Waals surface area contributed by atoms with Crippen LogP contribution in [0.1, 0.15) is 19.4 Å². The van der Waals surface area contributed by atoms with E-state index in [1.807, 2.05) is 6.07 Å². The fourth-order valence-corrected chi connectivity index (χ4v) is 3.12. The quantitative estimate of drug-likeness (QED) is 0.832. The SMILES string of the molecule is CN=S(=O)(Cc1ccccc1F)C(C)(C)C#N. The molecule has 0 saturated carbocycles. The molecule has 1 aromatic carbocycles. The molecule has 0 heterocycles. The first kappa shape index (κ1) is 13.7. The molecule has 1 atom stereocenters. The monoisotopic (exact) mass is 254 g/mol. The van der Waals surface area contributed by atoms with Gasteiger partial charge in [-0.2, -0.15) is 5.26 Å². The number of halogens is 1. The van der Waals surface area contributed by atoms with E-state index in [9.17, 15) is 8.60 Å². The van der Waals surface area contributed by atoms with Crippen molar-refractivity contribution in [3.63, 3.8) is 0 Å². The lowest BCUT2D eigenvalue weighted by molar-refractivity contribution is 0.612. The molecule has 1 unspecified atom stereocenters. The Kier molecular flexibility index (Phi) is 3.89. The van der Waals surface area contributed by atoms with Crippen LogP contribution in [-0.4, -0.2) is 16.0 Å². The van der Waals surface area contributed by atoms with Gasteiger partial charge in [-0.15, -0.1) is 0 Å². The second-order valence-electron chi connectivity index (χ2n) is 4.18. The average Bonchev–Trinajstić information content (AvgIpc) is 2.31. The van der Waals surface area contributed by atoms with Crippen molar-refractivity contribution in [2.24, 2.45) is 4.36 Å². The minimum atomic E-state index is -2.81. The Balaban J connectivity index is 3.23. The van der Waals surface area contributed by atoms with Gasteiger partial charge in [-0.25, -0.2) is 13.0 Å². The van der Waals surface area contributed by atoms with Crippen molar-refractivity contribution in [3.05, 3.63) is 35.6 Å². The molecule has 0 radical (unpaired) electrons. The Labute approximate surface area is 101 Å². The first-order valence-electron chi connectivity index (χ1n) is 5.13. The molecule has 0 spiro atoms. The summed E-state index contributed by atoms with van der Waals surface area (Å²) in [6, 6.07) is 8.10. The lowest BCUT2D eigenvalue weighted by Gasteiger charge is -2.21. The predicted molar refractivity (Wildman–Crippen MR) is 66.3 cm³/mol. The third-order valence-electron chi connectivity index (χ3n) is 2.67. The Bertz CT molecular complexity index is 566. The second kappa shape index (κ2) is 4.84.